The Hall–Kier alpha value is -1.12. The Morgan fingerprint density at radius 3 is 1.50 bits per heavy atom. The first-order valence-corrected chi connectivity index (χ1v) is 2.05. The van der Waals surface area contributed by atoms with Gasteiger partial charge in [-0.3, -0.25) is 4.90 Å². The summed E-state index contributed by atoms with van der Waals surface area (Å²) in [6.07, 6.45) is 0. The molecule has 0 aromatic rings. The van der Waals surface area contributed by atoms with Crippen molar-refractivity contribution in [3.05, 3.63) is 24.9 Å². The van der Waals surface area contributed by atoms with Gasteiger partial charge in [-0.15, -0.1) is 0 Å². The van der Waals surface area contributed by atoms with Crippen LogP contribution in [-0.4, -0.2) is 22.2 Å². The van der Waals surface area contributed by atoms with Crippen molar-refractivity contribution in [1.29, 1.82) is 0 Å². The zero-order valence-corrected chi connectivity index (χ0v) is 4.76. The normalized spacial score (nSPS) is 8.12. The molecule has 0 bridgehead atoms. The SMILES string of the molecule is C=C(O)N(C)C(=C)O. The number of aliphatic hydroxyl groups is 2. The van der Waals surface area contributed by atoms with E-state index in [1.54, 1.807) is 0 Å². The minimum Gasteiger partial charge on any atom is -0.495 e. The lowest BCUT2D eigenvalue weighted by atomic mass is 10.7. The number of hydrogen-bond acceptors (Lipinski definition) is 3. The fourth-order valence-corrected chi connectivity index (χ4v) is 0.149. The van der Waals surface area contributed by atoms with Crippen LogP contribution < -0.4 is 0 Å². The molecule has 2 N–H and O–H groups in total. The lowest BCUT2D eigenvalue weighted by Gasteiger charge is -2.12. The third-order valence-electron chi connectivity index (χ3n) is 0.774. The minimum atomic E-state index is -0.225. The van der Waals surface area contributed by atoms with E-state index >= 15 is 0 Å². The molecule has 0 aliphatic carbocycles. The van der Waals surface area contributed by atoms with E-state index in [2.05, 4.69) is 13.2 Å². The summed E-state index contributed by atoms with van der Waals surface area (Å²) < 4.78 is 0. The van der Waals surface area contributed by atoms with Gasteiger partial charge in [0.05, 0.1) is 0 Å². The monoisotopic (exact) mass is 115 g/mol. The van der Waals surface area contributed by atoms with Crippen molar-refractivity contribution >= 4 is 0 Å². The summed E-state index contributed by atoms with van der Waals surface area (Å²) in [5.41, 5.74) is 0. The summed E-state index contributed by atoms with van der Waals surface area (Å²) >= 11 is 0. The molecule has 8 heavy (non-hydrogen) atoms. The second-order valence-corrected chi connectivity index (χ2v) is 1.39. The van der Waals surface area contributed by atoms with Crippen LogP contribution >= 0.6 is 0 Å². The quantitative estimate of drug-likeness (QED) is 0.527. The molecule has 0 rings (SSSR count). The van der Waals surface area contributed by atoms with E-state index in [1.165, 1.54) is 7.05 Å². The van der Waals surface area contributed by atoms with Gasteiger partial charge in [0.1, 0.15) is 0 Å². The van der Waals surface area contributed by atoms with E-state index < -0.39 is 0 Å². The van der Waals surface area contributed by atoms with E-state index in [9.17, 15) is 0 Å². The van der Waals surface area contributed by atoms with Gasteiger partial charge in [0.2, 0.25) is 0 Å². The topological polar surface area (TPSA) is 43.7 Å². The highest BCUT2D eigenvalue weighted by Crippen LogP contribution is 1.97. The molecule has 0 aliphatic rings. The zero-order valence-electron chi connectivity index (χ0n) is 4.76. The Morgan fingerprint density at radius 1 is 1.25 bits per heavy atom. The minimum absolute atomic E-state index is 0.225. The van der Waals surface area contributed by atoms with Gasteiger partial charge in [-0.1, -0.05) is 0 Å². The van der Waals surface area contributed by atoms with Crippen LogP contribution in [0.3, 0.4) is 0 Å². The van der Waals surface area contributed by atoms with Gasteiger partial charge < -0.3 is 10.2 Å². The van der Waals surface area contributed by atoms with Crippen LogP contribution in [0.4, 0.5) is 0 Å². The summed E-state index contributed by atoms with van der Waals surface area (Å²) in [4.78, 5) is 1.06. The largest absolute Gasteiger partial charge is 0.495 e. The summed E-state index contributed by atoms with van der Waals surface area (Å²) in [5.74, 6) is -0.449. The van der Waals surface area contributed by atoms with Gasteiger partial charge >= 0.3 is 0 Å². The smallest absolute Gasteiger partial charge is 0.185 e. The number of hydrogen-bond donors (Lipinski definition) is 2. The maximum atomic E-state index is 8.50. The summed E-state index contributed by atoms with van der Waals surface area (Å²) in [6.45, 7) is 6.27. The standard InChI is InChI=1S/C5H9NO2/c1-4(7)6(3)5(2)8/h7-8H,1-2H2,3H3. The van der Waals surface area contributed by atoms with Crippen LogP contribution in [0.1, 0.15) is 0 Å². The Kier molecular flexibility index (Phi) is 1.94. The van der Waals surface area contributed by atoms with Gasteiger partial charge in [-0.25, -0.2) is 0 Å². The van der Waals surface area contributed by atoms with E-state index in [4.69, 9.17) is 10.2 Å². The van der Waals surface area contributed by atoms with Crippen LogP contribution in [0.5, 0.6) is 0 Å². The van der Waals surface area contributed by atoms with Gasteiger partial charge in [-0.2, -0.15) is 0 Å². The van der Waals surface area contributed by atoms with E-state index in [1.807, 2.05) is 0 Å². The van der Waals surface area contributed by atoms with Crippen molar-refractivity contribution in [1.82, 2.24) is 4.90 Å². The van der Waals surface area contributed by atoms with Crippen LogP contribution in [0.25, 0.3) is 0 Å². The number of rotatable bonds is 2. The van der Waals surface area contributed by atoms with Crippen molar-refractivity contribution in [3.63, 3.8) is 0 Å². The molecule has 0 amide bonds. The van der Waals surface area contributed by atoms with E-state index in [0.717, 1.165) is 4.90 Å². The van der Waals surface area contributed by atoms with Crippen LogP contribution in [-0.2, 0) is 0 Å². The van der Waals surface area contributed by atoms with Crippen molar-refractivity contribution in [2.45, 2.75) is 0 Å². The molecule has 3 heteroatoms. The highest BCUT2D eigenvalue weighted by molar-refractivity contribution is 4.90. The fraction of sp³-hybridized carbons (Fsp3) is 0.200. The lowest BCUT2D eigenvalue weighted by molar-refractivity contribution is 0.192. The molecule has 0 aromatic heterocycles. The molecule has 0 aromatic carbocycles. The molecular weight excluding hydrogens is 106 g/mol. The Balaban J connectivity index is 3.83. The zero-order chi connectivity index (χ0) is 6.73. The number of nitrogens with zero attached hydrogens (tertiary/aromatic N) is 1. The molecule has 0 saturated heterocycles. The summed E-state index contributed by atoms with van der Waals surface area (Å²) in [6, 6.07) is 0. The highest BCUT2D eigenvalue weighted by Gasteiger charge is 1.98. The molecule has 0 radical (unpaired) electrons. The maximum absolute atomic E-state index is 8.50. The van der Waals surface area contributed by atoms with Crippen molar-refractivity contribution in [3.8, 4) is 0 Å². The number of aliphatic hydroxyl groups excluding tert-OH is 2. The van der Waals surface area contributed by atoms with Crippen molar-refractivity contribution in [2.75, 3.05) is 7.05 Å². The second-order valence-electron chi connectivity index (χ2n) is 1.39. The molecule has 0 unspecified atom stereocenters. The van der Waals surface area contributed by atoms with Gasteiger partial charge in [0, 0.05) is 7.05 Å². The lowest BCUT2D eigenvalue weighted by Crippen LogP contribution is -2.14. The molecule has 3 nitrogen and oxygen atoms in total. The summed E-state index contributed by atoms with van der Waals surface area (Å²) in [5, 5.41) is 17.0. The molecule has 0 atom stereocenters. The highest BCUT2D eigenvalue weighted by atomic mass is 16.3. The van der Waals surface area contributed by atoms with Crippen molar-refractivity contribution < 1.29 is 10.2 Å². The van der Waals surface area contributed by atoms with E-state index in [-0.39, 0.29) is 11.8 Å². The average Bonchev–Trinajstić information content (AvgIpc) is 1.64. The van der Waals surface area contributed by atoms with Gasteiger partial charge in [-0.05, 0) is 13.2 Å². The predicted molar refractivity (Wildman–Crippen MR) is 31.3 cm³/mol. The third kappa shape index (κ3) is 1.55. The second kappa shape index (κ2) is 2.26. The Labute approximate surface area is 48.2 Å². The Morgan fingerprint density at radius 2 is 1.50 bits per heavy atom. The van der Waals surface area contributed by atoms with E-state index in [0.29, 0.717) is 0 Å². The van der Waals surface area contributed by atoms with Gasteiger partial charge in [0.25, 0.3) is 0 Å². The molecule has 46 valence electrons. The fourth-order valence-electron chi connectivity index (χ4n) is 0.149. The van der Waals surface area contributed by atoms with Crippen LogP contribution in [0.15, 0.2) is 24.9 Å². The Bertz CT molecular complexity index is 106. The first-order valence-electron chi connectivity index (χ1n) is 2.05. The van der Waals surface area contributed by atoms with Crippen molar-refractivity contribution in [2.24, 2.45) is 0 Å². The predicted octanol–water partition coefficient (Wildman–Crippen LogP) is 0.977. The maximum Gasteiger partial charge on any atom is 0.185 e. The molecule has 0 aliphatic heterocycles. The molecule has 0 spiro atoms. The van der Waals surface area contributed by atoms with Crippen LogP contribution in [0, 0.1) is 0 Å². The first-order chi connectivity index (χ1) is 3.55. The third-order valence-corrected chi connectivity index (χ3v) is 0.774. The molecule has 0 saturated carbocycles. The molecule has 0 heterocycles. The van der Waals surface area contributed by atoms with Crippen LogP contribution in [0.2, 0.25) is 0 Å². The molecular formula is C5H9NO2. The first kappa shape index (κ1) is 6.88. The summed E-state index contributed by atoms with van der Waals surface area (Å²) in [7, 11) is 1.45. The average molecular weight is 115 g/mol. The molecule has 0 fully saturated rings. The van der Waals surface area contributed by atoms with Gasteiger partial charge in [0.15, 0.2) is 11.8 Å².